The van der Waals surface area contributed by atoms with E-state index in [4.69, 9.17) is 0 Å². The SMILES string of the molecule is CCc1ccc(S(=O)(=O)Nc2ccc(N3CCCCCC3)cc2C(=O)O)cc1. The van der Waals surface area contributed by atoms with Crippen molar-refractivity contribution in [2.45, 2.75) is 43.9 Å². The lowest BCUT2D eigenvalue weighted by atomic mass is 10.1. The zero-order chi connectivity index (χ0) is 20.1. The third-order valence-corrected chi connectivity index (χ3v) is 6.47. The van der Waals surface area contributed by atoms with Crippen LogP contribution in [0.4, 0.5) is 11.4 Å². The van der Waals surface area contributed by atoms with Crippen LogP contribution < -0.4 is 9.62 Å². The Morgan fingerprint density at radius 3 is 2.25 bits per heavy atom. The highest BCUT2D eigenvalue weighted by molar-refractivity contribution is 7.92. The summed E-state index contributed by atoms with van der Waals surface area (Å²) in [5.74, 6) is -1.16. The van der Waals surface area contributed by atoms with E-state index in [-0.39, 0.29) is 16.1 Å². The first-order valence-electron chi connectivity index (χ1n) is 9.65. The molecule has 0 aromatic heterocycles. The molecule has 3 rings (SSSR count). The Kier molecular flexibility index (Phi) is 6.24. The molecule has 0 bridgehead atoms. The highest BCUT2D eigenvalue weighted by Crippen LogP contribution is 2.27. The van der Waals surface area contributed by atoms with Gasteiger partial charge in [0.05, 0.1) is 16.1 Å². The van der Waals surface area contributed by atoms with Crippen molar-refractivity contribution in [2.24, 2.45) is 0 Å². The van der Waals surface area contributed by atoms with Crippen molar-refractivity contribution in [1.82, 2.24) is 0 Å². The van der Waals surface area contributed by atoms with Gasteiger partial charge >= 0.3 is 5.97 Å². The Morgan fingerprint density at radius 2 is 1.68 bits per heavy atom. The van der Waals surface area contributed by atoms with Gasteiger partial charge in [-0.2, -0.15) is 0 Å². The summed E-state index contributed by atoms with van der Waals surface area (Å²) in [6, 6.07) is 11.5. The van der Waals surface area contributed by atoms with Gasteiger partial charge in [-0.15, -0.1) is 0 Å². The van der Waals surface area contributed by atoms with Crippen molar-refractivity contribution >= 4 is 27.4 Å². The fraction of sp³-hybridized carbons (Fsp3) is 0.381. The van der Waals surface area contributed by atoms with Crippen molar-refractivity contribution in [3.63, 3.8) is 0 Å². The van der Waals surface area contributed by atoms with E-state index >= 15 is 0 Å². The summed E-state index contributed by atoms with van der Waals surface area (Å²) in [5.41, 5.74) is 1.88. The van der Waals surface area contributed by atoms with E-state index in [1.807, 2.05) is 6.92 Å². The number of hydrogen-bond donors (Lipinski definition) is 2. The molecule has 1 aliphatic rings. The van der Waals surface area contributed by atoms with Crippen LogP contribution in [0.5, 0.6) is 0 Å². The average molecular weight is 403 g/mol. The predicted octanol–water partition coefficient (Wildman–Crippen LogP) is 4.13. The molecule has 1 aliphatic heterocycles. The number of carboxylic acids is 1. The number of anilines is 2. The van der Waals surface area contributed by atoms with Crippen LogP contribution in [0, 0.1) is 0 Å². The monoisotopic (exact) mass is 402 g/mol. The molecule has 0 atom stereocenters. The number of rotatable bonds is 6. The third-order valence-electron chi connectivity index (χ3n) is 5.09. The molecule has 0 spiro atoms. The number of nitrogens with one attached hydrogen (secondary N) is 1. The zero-order valence-electron chi connectivity index (χ0n) is 16.0. The maximum Gasteiger partial charge on any atom is 0.337 e. The van der Waals surface area contributed by atoms with Crippen LogP contribution in [-0.2, 0) is 16.4 Å². The van der Waals surface area contributed by atoms with E-state index < -0.39 is 16.0 Å². The lowest BCUT2D eigenvalue weighted by Crippen LogP contribution is -2.24. The standard InChI is InChI=1S/C21H26N2O4S/c1-2-16-7-10-18(11-8-16)28(26,27)22-20-12-9-17(15-19(20)21(24)25)23-13-5-3-4-6-14-23/h7-12,15,22H,2-6,13-14H2,1H3,(H,24,25). The lowest BCUT2D eigenvalue weighted by molar-refractivity contribution is 0.0698. The molecule has 1 fully saturated rings. The van der Waals surface area contributed by atoms with E-state index in [1.54, 1.807) is 30.3 Å². The summed E-state index contributed by atoms with van der Waals surface area (Å²) in [5, 5.41) is 9.63. The lowest BCUT2D eigenvalue weighted by Gasteiger charge is -2.23. The number of carboxylic acid groups (broad SMARTS) is 1. The van der Waals surface area contributed by atoms with Gasteiger partial charge in [0.15, 0.2) is 0 Å². The molecule has 2 aromatic carbocycles. The van der Waals surface area contributed by atoms with E-state index in [0.717, 1.165) is 43.6 Å². The number of benzene rings is 2. The summed E-state index contributed by atoms with van der Waals surface area (Å²) in [4.78, 5) is 14.1. The van der Waals surface area contributed by atoms with E-state index in [9.17, 15) is 18.3 Å². The second-order valence-electron chi connectivity index (χ2n) is 7.04. The first-order chi connectivity index (χ1) is 13.4. The highest BCUT2D eigenvalue weighted by Gasteiger charge is 2.20. The number of hydrogen-bond acceptors (Lipinski definition) is 4. The fourth-order valence-electron chi connectivity index (χ4n) is 3.43. The molecule has 2 aromatic rings. The Hall–Kier alpha value is -2.54. The van der Waals surface area contributed by atoms with Crippen LogP contribution >= 0.6 is 0 Å². The maximum absolute atomic E-state index is 12.7. The fourth-order valence-corrected chi connectivity index (χ4v) is 4.51. The summed E-state index contributed by atoms with van der Waals surface area (Å²) < 4.78 is 27.8. The van der Waals surface area contributed by atoms with E-state index in [2.05, 4.69) is 9.62 Å². The molecule has 6 nitrogen and oxygen atoms in total. The van der Waals surface area contributed by atoms with Crippen LogP contribution in [-0.4, -0.2) is 32.6 Å². The minimum absolute atomic E-state index is 0.0458. The van der Waals surface area contributed by atoms with Crippen LogP contribution in [0.15, 0.2) is 47.4 Å². The quantitative estimate of drug-likeness (QED) is 0.759. The summed E-state index contributed by atoms with van der Waals surface area (Å²) in [6.45, 7) is 3.76. The normalized spacial score (nSPS) is 15.1. The van der Waals surface area contributed by atoms with Crippen LogP contribution in [0.3, 0.4) is 0 Å². The molecule has 7 heteroatoms. The molecule has 1 saturated heterocycles. The molecule has 0 unspecified atom stereocenters. The average Bonchev–Trinajstić information content (AvgIpc) is 2.97. The first kappa shape index (κ1) is 20.2. The Bertz CT molecular complexity index is 931. The first-order valence-corrected chi connectivity index (χ1v) is 11.1. The van der Waals surface area contributed by atoms with E-state index in [0.29, 0.717) is 0 Å². The van der Waals surface area contributed by atoms with Gasteiger partial charge in [0.2, 0.25) is 0 Å². The third kappa shape index (κ3) is 4.65. The molecule has 0 aliphatic carbocycles. The van der Waals surface area contributed by atoms with Crippen molar-refractivity contribution in [3.8, 4) is 0 Å². The number of carbonyl (C=O) groups is 1. The summed E-state index contributed by atoms with van der Waals surface area (Å²) >= 11 is 0. The second kappa shape index (κ2) is 8.65. The van der Waals surface area contributed by atoms with Gasteiger partial charge in [0.25, 0.3) is 10.0 Å². The number of aromatic carboxylic acids is 1. The largest absolute Gasteiger partial charge is 0.478 e. The topological polar surface area (TPSA) is 86.7 Å². The molecule has 28 heavy (non-hydrogen) atoms. The summed E-state index contributed by atoms with van der Waals surface area (Å²) in [7, 11) is -3.86. The maximum atomic E-state index is 12.7. The van der Waals surface area contributed by atoms with E-state index in [1.165, 1.54) is 25.0 Å². The minimum atomic E-state index is -3.86. The molecule has 1 heterocycles. The Morgan fingerprint density at radius 1 is 1.04 bits per heavy atom. The molecule has 0 saturated carbocycles. The van der Waals surface area contributed by atoms with Gasteiger partial charge in [-0.25, -0.2) is 13.2 Å². The second-order valence-corrected chi connectivity index (χ2v) is 8.72. The van der Waals surface area contributed by atoms with Gasteiger partial charge in [-0.05, 0) is 55.2 Å². The van der Waals surface area contributed by atoms with Crippen molar-refractivity contribution in [1.29, 1.82) is 0 Å². The number of nitrogens with zero attached hydrogens (tertiary/aromatic N) is 1. The molecular weight excluding hydrogens is 376 g/mol. The number of aryl methyl sites for hydroxylation is 1. The van der Waals surface area contributed by atoms with Gasteiger partial charge in [-0.1, -0.05) is 31.9 Å². The Labute approximate surface area is 166 Å². The van der Waals surface area contributed by atoms with Gasteiger partial charge in [0.1, 0.15) is 0 Å². The molecule has 2 N–H and O–H groups in total. The molecule has 0 amide bonds. The minimum Gasteiger partial charge on any atom is -0.478 e. The van der Waals surface area contributed by atoms with Crippen molar-refractivity contribution in [3.05, 3.63) is 53.6 Å². The van der Waals surface area contributed by atoms with Crippen LogP contribution in [0.1, 0.15) is 48.5 Å². The van der Waals surface area contributed by atoms with Crippen LogP contribution in [0.25, 0.3) is 0 Å². The van der Waals surface area contributed by atoms with Crippen molar-refractivity contribution in [2.75, 3.05) is 22.7 Å². The van der Waals surface area contributed by atoms with Gasteiger partial charge < -0.3 is 10.0 Å². The van der Waals surface area contributed by atoms with Crippen LogP contribution in [0.2, 0.25) is 0 Å². The van der Waals surface area contributed by atoms with Gasteiger partial charge in [-0.3, -0.25) is 4.72 Å². The molecule has 0 radical (unpaired) electrons. The predicted molar refractivity (Wildman–Crippen MR) is 111 cm³/mol. The molecular formula is C21H26N2O4S. The zero-order valence-corrected chi connectivity index (χ0v) is 16.8. The number of sulfonamides is 1. The van der Waals surface area contributed by atoms with Gasteiger partial charge in [0, 0.05) is 18.8 Å². The summed E-state index contributed by atoms with van der Waals surface area (Å²) in [6.07, 6.45) is 5.32. The highest BCUT2D eigenvalue weighted by atomic mass is 32.2. The smallest absolute Gasteiger partial charge is 0.337 e. The Balaban J connectivity index is 1.89. The molecule has 150 valence electrons. The van der Waals surface area contributed by atoms with Crippen molar-refractivity contribution < 1.29 is 18.3 Å².